The molecule has 32 heavy (non-hydrogen) atoms. The molecule has 0 unspecified atom stereocenters. The minimum atomic E-state index is -0.415. The van der Waals surface area contributed by atoms with Gasteiger partial charge in [0.25, 0.3) is 0 Å². The van der Waals surface area contributed by atoms with E-state index in [2.05, 4.69) is 4.98 Å². The summed E-state index contributed by atoms with van der Waals surface area (Å²) < 4.78 is 16.1. The van der Waals surface area contributed by atoms with Crippen LogP contribution in [0, 0.1) is 12.8 Å². The van der Waals surface area contributed by atoms with Crippen LogP contribution in [0.25, 0.3) is 11.5 Å². The Bertz CT molecular complexity index is 921. The number of methoxy groups -OCH3 is 1. The Labute approximate surface area is 194 Å². The van der Waals surface area contributed by atoms with E-state index in [1.165, 1.54) is 7.11 Å². The highest BCUT2D eigenvalue weighted by atomic mass is 32.2. The fourth-order valence-electron chi connectivity index (χ4n) is 3.87. The van der Waals surface area contributed by atoms with Crippen LogP contribution in [-0.4, -0.2) is 34.9 Å². The largest absolute Gasteiger partial charge is 0.465 e. The lowest BCUT2D eigenvalue weighted by Gasteiger charge is -2.28. The Kier molecular flexibility index (Phi) is 8.04. The first kappa shape index (κ1) is 24.4. The third-order valence-electron chi connectivity index (χ3n) is 5.57. The van der Waals surface area contributed by atoms with Crippen molar-refractivity contribution >= 4 is 23.7 Å². The van der Waals surface area contributed by atoms with Gasteiger partial charge in [0, 0.05) is 23.0 Å². The van der Waals surface area contributed by atoms with Gasteiger partial charge < -0.3 is 13.9 Å². The van der Waals surface area contributed by atoms with E-state index in [4.69, 9.17) is 13.9 Å². The smallest absolute Gasteiger partial charge is 0.337 e. The summed E-state index contributed by atoms with van der Waals surface area (Å²) in [5.74, 6) is 2.17. The van der Waals surface area contributed by atoms with Crippen molar-refractivity contribution in [3.63, 3.8) is 0 Å². The first-order chi connectivity index (χ1) is 15.1. The molecule has 1 aromatic carbocycles. The predicted octanol–water partition coefficient (Wildman–Crippen LogP) is 5.96. The third-order valence-corrected chi connectivity index (χ3v) is 6.95. The van der Waals surface area contributed by atoms with E-state index in [1.807, 2.05) is 51.6 Å². The van der Waals surface area contributed by atoms with Gasteiger partial charge >= 0.3 is 11.9 Å². The highest BCUT2D eigenvalue weighted by Crippen LogP contribution is 2.36. The Morgan fingerprint density at radius 3 is 2.38 bits per heavy atom. The van der Waals surface area contributed by atoms with Gasteiger partial charge in [-0.3, -0.25) is 4.79 Å². The number of carbonyl (C=O) groups is 2. The molecular weight excluding hydrogens is 426 g/mol. The van der Waals surface area contributed by atoms with Crippen LogP contribution in [0.15, 0.2) is 28.7 Å². The van der Waals surface area contributed by atoms with Crippen LogP contribution >= 0.6 is 11.8 Å². The summed E-state index contributed by atoms with van der Waals surface area (Å²) in [6.45, 7) is 7.67. The van der Waals surface area contributed by atoms with E-state index in [0.717, 1.165) is 48.5 Å². The predicted molar refractivity (Wildman–Crippen MR) is 126 cm³/mol. The highest BCUT2D eigenvalue weighted by molar-refractivity contribution is 7.99. The van der Waals surface area contributed by atoms with Crippen molar-refractivity contribution in [1.82, 2.24) is 4.98 Å². The molecule has 0 bridgehead atoms. The summed E-state index contributed by atoms with van der Waals surface area (Å²) in [7, 11) is 1.37. The topological polar surface area (TPSA) is 78.6 Å². The maximum atomic E-state index is 12.1. The van der Waals surface area contributed by atoms with Crippen molar-refractivity contribution in [2.24, 2.45) is 5.92 Å². The van der Waals surface area contributed by atoms with E-state index in [-0.39, 0.29) is 11.9 Å². The molecule has 3 rings (SSSR count). The lowest BCUT2D eigenvalue weighted by molar-refractivity contribution is -0.156. The van der Waals surface area contributed by atoms with Gasteiger partial charge in [-0.05, 0) is 83.6 Å². The number of esters is 2. The molecule has 1 fully saturated rings. The van der Waals surface area contributed by atoms with Gasteiger partial charge in [0.15, 0.2) is 0 Å². The van der Waals surface area contributed by atoms with Crippen molar-refractivity contribution in [3.05, 3.63) is 41.3 Å². The SMILES string of the molecule is COC(=O)c1ccc(-c2nc(CSC3CCC(CC(=O)OC(C)(C)C)CC3)c(C)o2)cc1. The molecule has 6 nitrogen and oxygen atoms in total. The lowest BCUT2D eigenvalue weighted by Crippen LogP contribution is -2.26. The minimum Gasteiger partial charge on any atom is -0.465 e. The van der Waals surface area contributed by atoms with Crippen molar-refractivity contribution in [2.45, 2.75) is 76.4 Å². The van der Waals surface area contributed by atoms with Gasteiger partial charge in [0.05, 0.1) is 18.4 Å². The van der Waals surface area contributed by atoms with Gasteiger partial charge in [-0.25, -0.2) is 9.78 Å². The van der Waals surface area contributed by atoms with Gasteiger partial charge in [0.1, 0.15) is 11.4 Å². The molecule has 1 heterocycles. The number of rotatable bonds is 7. The summed E-state index contributed by atoms with van der Waals surface area (Å²) in [6.07, 6.45) is 4.86. The normalized spacial score (nSPS) is 18.9. The van der Waals surface area contributed by atoms with Crippen LogP contribution in [0.4, 0.5) is 0 Å². The molecular formula is C25H33NO5S. The molecule has 174 valence electrons. The molecule has 0 N–H and O–H groups in total. The number of thioether (sulfide) groups is 1. The fourth-order valence-corrected chi connectivity index (χ4v) is 5.14. The molecule has 1 aliphatic carbocycles. The monoisotopic (exact) mass is 459 g/mol. The zero-order valence-corrected chi connectivity index (χ0v) is 20.4. The fraction of sp³-hybridized carbons (Fsp3) is 0.560. The second-order valence-electron chi connectivity index (χ2n) is 9.34. The van der Waals surface area contributed by atoms with Crippen molar-refractivity contribution < 1.29 is 23.5 Å². The number of carbonyl (C=O) groups excluding carboxylic acids is 2. The molecule has 0 spiro atoms. The molecule has 0 saturated heterocycles. The van der Waals surface area contributed by atoms with Gasteiger partial charge in [-0.1, -0.05) is 0 Å². The second kappa shape index (κ2) is 10.6. The number of oxazole rings is 1. The highest BCUT2D eigenvalue weighted by Gasteiger charge is 2.26. The molecule has 0 aliphatic heterocycles. The Hall–Kier alpha value is -2.28. The average molecular weight is 460 g/mol. The Morgan fingerprint density at radius 2 is 1.78 bits per heavy atom. The van der Waals surface area contributed by atoms with Crippen molar-refractivity contribution in [1.29, 1.82) is 0 Å². The minimum absolute atomic E-state index is 0.0843. The Morgan fingerprint density at radius 1 is 1.12 bits per heavy atom. The van der Waals surface area contributed by atoms with E-state index < -0.39 is 5.60 Å². The number of aromatic nitrogens is 1. The number of aryl methyl sites for hydroxylation is 1. The number of nitrogens with zero attached hydrogens (tertiary/aromatic N) is 1. The molecule has 0 atom stereocenters. The number of hydrogen-bond acceptors (Lipinski definition) is 7. The lowest BCUT2D eigenvalue weighted by atomic mass is 9.86. The van der Waals surface area contributed by atoms with E-state index >= 15 is 0 Å². The second-order valence-corrected chi connectivity index (χ2v) is 10.6. The number of hydrogen-bond donors (Lipinski definition) is 0. The van der Waals surface area contributed by atoms with Crippen molar-refractivity contribution in [3.8, 4) is 11.5 Å². The Balaban J connectivity index is 1.48. The van der Waals surface area contributed by atoms with Crippen LogP contribution in [0.1, 0.15) is 74.7 Å². The molecule has 2 aromatic rings. The first-order valence-corrected chi connectivity index (χ1v) is 12.2. The summed E-state index contributed by atoms with van der Waals surface area (Å²) >= 11 is 1.91. The van der Waals surface area contributed by atoms with Crippen molar-refractivity contribution in [2.75, 3.05) is 7.11 Å². The standard InChI is InChI=1S/C25H33NO5S/c1-16-21(26-23(30-16)18-8-10-19(11-9-18)24(28)29-5)15-32-20-12-6-17(7-13-20)14-22(27)31-25(2,3)4/h8-11,17,20H,6-7,12-15H2,1-5H3. The molecule has 7 heteroatoms. The van der Waals surface area contributed by atoms with Crippen LogP contribution in [0.5, 0.6) is 0 Å². The average Bonchev–Trinajstić information content (AvgIpc) is 3.12. The molecule has 1 aliphatic rings. The van der Waals surface area contributed by atoms with Crippen LogP contribution in [-0.2, 0) is 20.0 Å². The zero-order chi connectivity index (χ0) is 23.3. The zero-order valence-electron chi connectivity index (χ0n) is 19.6. The van der Waals surface area contributed by atoms with E-state index in [1.54, 1.807) is 12.1 Å². The van der Waals surface area contributed by atoms with E-state index in [0.29, 0.717) is 29.0 Å². The third kappa shape index (κ3) is 6.86. The summed E-state index contributed by atoms with van der Waals surface area (Å²) in [5, 5.41) is 0.573. The van der Waals surface area contributed by atoms with Gasteiger partial charge in [-0.15, -0.1) is 0 Å². The van der Waals surface area contributed by atoms with Crippen LogP contribution in [0.3, 0.4) is 0 Å². The first-order valence-electron chi connectivity index (χ1n) is 11.1. The number of ether oxygens (including phenoxy) is 2. The van der Waals surface area contributed by atoms with Crippen LogP contribution < -0.4 is 0 Å². The summed E-state index contributed by atoms with van der Waals surface area (Å²) in [6, 6.07) is 7.07. The van der Waals surface area contributed by atoms with E-state index in [9.17, 15) is 9.59 Å². The maximum absolute atomic E-state index is 12.1. The van der Waals surface area contributed by atoms with Gasteiger partial charge in [-0.2, -0.15) is 11.8 Å². The summed E-state index contributed by atoms with van der Waals surface area (Å²) in [5.41, 5.74) is 1.87. The molecule has 0 amide bonds. The van der Waals surface area contributed by atoms with Gasteiger partial charge in [0.2, 0.25) is 5.89 Å². The molecule has 1 saturated carbocycles. The summed E-state index contributed by atoms with van der Waals surface area (Å²) in [4.78, 5) is 28.4. The number of benzene rings is 1. The van der Waals surface area contributed by atoms with Crippen LogP contribution in [0.2, 0.25) is 0 Å². The maximum Gasteiger partial charge on any atom is 0.337 e. The molecule has 1 aromatic heterocycles. The molecule has 0 radical (unpaired) electrons. The quantitative estimate of drug-likeness (QED) is 0.473.